The maximum atomic E-state index is 13.0. The summed E-state index contributed by atoms with van der Waals surface area (Å²) < 4.78 is 279. The number of benzene rings is 6. The molecule has 0 bridgehead atoms. The molecule has 0 saturated heterocycles. The van der Waals surface area contributed by atoms with Crippen molar-refractivity contribution in [2.24, 2.45) is 0 Å². The average Bonchev–Trinajstić information content (AvgIpc) is 0.750. The molecule has 0 aliphatic carbocycles. The van der Waals surface area contributed by atoms with Crippen LogP contribution in [0.5, 0.6) is 5.75 Å². The van der Waals surface area contributed by atoms with Gasteiger partial charge in [0, 0.05) is 82.6 Å². The van der Waals surface area contributed by atoms with Crippen LogP contribution in [0.1, 0.15) is 174 Å². The first-order valence-electron chi connectivity index (χ1n) is 36.5. The average molecular weight is 1080 g/mol. The van der Waals surface area contributed by atoms with Crippen LogP contribution in [0, 0.1) is 6.07 Å². The Morgan fingerprint density at radius 3 is 1.95 bits per heavy atom. The van der Waals surface area contributed by atoms with E-state index in [9.17, 15) is 6.48 Å². The second-order valence-corrected chi connectivity index (χ2v) is 17.3. The number of hydrogen-bond donors (Lipinski definition) is 1. The number of aromatic hydroxyl groups is 1. The third-order valence-corrected chi connectivity index (χ3v) is 11.1. The van der Waals surface area contributed by atoms with Gasteiger partial charge in [-0.05, 0) is 96.8 Å². The van der Waals surface area contributed by atoms with Gasteiger partial charge in [0.25, 0.3) is 0 Å². The topological polar surface area (TPSA) is 50.9 Å². The van der Waals surface area contributed by atoms with Gasteiger partial charge < -0.3 is 5.11 Å². The summed E-state index contributed by atoms with van der Waals surface area (Å²) in [5.74, 6) is -3.61. The molecular formula is C61H66N3OPt-. The number of imidazole rings is 1. The zero-order valence-electron chi connectivity index (χ0n) is 68.5. The van der Waals surface area contributed by atoms with Gasteiger partial charge >= 0.3 is 0 Å². The molecular weight excluding hydrogens is 986 g/mol. The Bertz CT molecular complexity index is 4220. The minimum Gasteiger partial charge on any atom is -0.507 e. The van der Waals surface area contributed by atoms with Crippen LogP contribution in [0.15, 0.2) is 133 Å². The molecule has 0 amide bonds. The second kappa shape index (κ2) is 17.9. The summed E-state index contributed by atoms with van der Waals surface area (Å²) in [5, 5.41) is 13.0. The Labute approximate surface area is 453 Å². The molecule has 0 aliphatic heterocycles. The Morgan fingerprint density at radius 2 is 1.29 bits per heavy atom. The molecule has 66 heavy (non-hydrogen) atoms. The van der Waals surface area contributed by atoms with E-state index >= 15 is 0 Å². The zero-order valence-corrected chi connectivity index (χ0v) is 38.8. The van der Waals surface area contributed by atoms with E-state index < -0.39 is 153 Å². The van der Waals surface area contributed by atoms with Crippen LogP contribution in [0.2, 0.25) is 0 Å². The van der Waals surface area contributed by atoms with Crippen LogP contribution in [-0.2, 0) is 42.7 Å². The van der Waals surface area contributed by atoms with E-state index in [0.717, 1.165) is 0 Å². The number of rotatable bonds is 7. The molecule has 1 N–H and O–H groups in total. The van der Waals surface area contributed by atoms with Crippen molar-refractivity contribution in [3.05, 3.63) is 167 Å². The summed E-state index contributed by atoms with van der Waals surface area (Å²) in [5.41, 5.74) is -16.5. The van der Waals surface area contributed by atoms with E-state index in [0.29, 0.717) is 28.3 Å². The largest absolute Gasteiger partial charge is 0.507 e. The van der Waals surface area contributed by atoms with Gasteiger partial charge in [-0.15, -0.1) is 29.3 Å². The van der Waals surface area contributed by atoms with E-state index in [1.807, 2.05) is 20.8 Å². The molecule has 4 nitrogen and oxygen atoms in total. The van der Waals surface area contributed by atoms with Crippen molar-refractivity contribution < 1.29 is 70.0 Å². The van der Waals surface area contributed by atoms with Crippen molar-refractivity contribution in [1.29, 1.82) is 0 Å². The van der Waals surface area contributed by atoms with Crippen LogP contribution in [0.4, 0.5) is 0 Å². The molecule has 0 saturated carbocycles. The molecule has 0 spiro atoms. The van der Waals surface area contributed by atoms with Crippen LogP contribution in [0.25, 0.3) is 72.7 Å². The third-order valence-electron chi connectivity index (χ3n) is 11.1. The number of nitrogens with zero attached hydrogens (tertiary/aromatic N) is 3. The fourth-order valence-electron chi connectivity index (χ4n) is 7.68. The minimum atomic E-state index is -4.27. The molecule has 5 heteroatoms. The molecule has 0 atom stereocenters. The number of hydrogen-bond acceptors (Lipinski definition) is 3. The van der Waals surface area contributed by atoms with Crippen LogP contribution >= 0.6 is 0 Å². The Balaban J connectivity index is 0.0000135. The molecule has 2 heterocycles. The van der Waals surface area contributed by atoms with Gasteiger partial charge in [-0.1, -0.05) is 192 Å². The van der Waals surface area contributed by atoms with Gasteiger partial charge in [0.05, 0.1) is 22.1 Å². The van der Waals surface area contributed by atoms with E-state index in [4.69, 9.17) is 47.5 Å². The van der Waals surface area contributed by atoms with Gasteiger partial charge in [-0.25, -0.2) is 4.98 Å². The van der Waals surface area contributed by atoms with Gasteiger partial charge in [-0.2, -0.15) is 0 Å². The van der Waals surface area contributed by atoms with E-state index in [-0.39, 0.29) is 71.8 Å². The first-order valence-corrected chi connectivity index (χ1v) is 20.5. The molecule has 0 radical (unpaired) electrons. The van der Waals surface area contributed by atoms with Crippen molar-refractivity contribution in [2.75, 3.05) is 0 Å². The quantitative estimate of drug-likeness (QED) is 0.162. The summed E-state index contributed by atoms with van der Waals surface area (Å²) >= 11 is 0. The minimum absolute atomic E-state index is 0. The standard InChI is InChI=1S/C61H66N3O.Pt/c1-38(2)50-37-47(27-28-48(50)40-19-16-15-17-20-40)64-54-22-18-21-49(55(54)63-57(64)51-35-46(60(9,10)11)36-52(56(51)65)61(12,13)14)42-31-43(33-45(32-42)59(6,7)8)53-34-41(29-30-62-53)39-23-25-44(26-24-39)58(3,4)5;/h15-30,32-38,65H,1-14H3;/q-1;/i3D3,4D3,5D3,9D3,10D3,11D3,12D3,13D3,14D3,23D,24D,25D,26D,38D;. The van der Waals surface area contributed by atoms with E-state index in [1.165, 1.54) is 41.1 Å². The number of pyridine rings is 1. The zero-order chi connectivity index (χ0) is 73.7. The van der Waals surface area contributed by atoms with Gasteiger partial charge in [0.1, 0.15) is 11.6 Å². The van der Waals surface area contributed by atoms with E-state index in [2.05, 4.69) is 11.1 Å². The normalized spacial score (nSPS) is 21.5. The van der Waals surface area contributed by atoms with Crippen molar-refractivity contribution in [1.82, 2.24) is 14.5 Å². The van der Waals surface area contributed by atoms with Crippen LogP contribution in [-0.4, -0.2) is 19.6 Å². The molecule has 0 fully saturated rings. The fourth-order valence-corrected chi connectivity index (χ4v) is 7.68. The Kier molecular flexibility index (Phi) is 5.98. The molecule has 0 aliphatic rings. The second-order valence-electron chi connectivity index (χ2n) is 17.3. The predicted molar refractivity (Wildman–Crippen MR) is 275 cm³/mol. The van der Waals surface area contributed by atoms with Crippen LogP contribution in [0.3, 0.4) is 0 Å². The molecule has 2 aromatic heterocycles. The summed E-state index contributed by atoms with van der Waals surface area (Å²) in [7, 11) is 0. The molecule has 0 unspecified atom stereocenters. The first-order chi connectivity index (χ1) is 43.7. The predicted octanol–water partition coefficient (Wildman–Crippen LogP) is 16.6. The number of phenols is 1. The molecule has 8 rings (SSSR count). The van der Waals surface area contributed by atoms with Crippen molar-refractivity contribution in [3.63, 3.8) is 0 Å². The number of fused-ring (bicyclic) bond motifs is 1. The van der Waals surface area contributed by atoms with Gasteiger partial charge in [0.15, 0.2) is 0 Å². The fraction of sp³-hybridized carbons (Fsp3) is 0.311. The summed E-state index contributed by atoms with van der Waals surface area (Å²) in [6.07, 6.45) is 1.22. The smallest absolute Gasteiger partial charge is 0.148 e. The number of aromatic nitrogens is 3. The maximum Gasteiger partial charge on any atom is 0.148 e. The number of phenolic OH excluding ortho intramolecular Hbond substituents is 1. The summed E-state index contributed by atoms with van der Waals surface area (Å²) in [6.45, 7) is -28.4. The molecule has 8 aromatic rings. The van der Waals surface area contributed by atoms with Crippen molar-refractivity contribution >= 4 is 11.0 Å². The third kappa shape index (κ3) is 9.63. The van der Waals surface area contributed by atoms with E-state index in [1.54, 1.807) is 74.5 Å². The Morgan fingerprint density at radius 1 is 0.621 bits per heavy atom. The van der Waals surface area contributed by atoms with Gasteiger partial charge in [-0.3, -0.25) is 9.55 Å². The Hall–Kier alpha value is -5.57. The molecule has 6 aromatic carbocycles. The van der Waals surface area contributed by atoms with Gasteiger partial charge in [0.2, 0.25) is 0 Å². The molecule has 342 valence electrons. The summed E-state index contributed by atoms with van der Waals surface area (Å²) in [4.78, 5) is 9.60. The monoisotopic (exact) mass is 1080 g/mol. The SMILES string of the molecule is [2H]c1c([2H])c(C(C([2H])([2H])[2H])(C([2H])([2H])[2H])C([2H])([2H])[2H])c([2H])c([2H])c1-c1ccnc(-c2[c-]c(-c3cccc4c3nc(-c3cc(C(C([2H])([2H])[2H])(C([2H])([2H])[2H])C([2H])([2H])[2H])cc(C(C([2H])([2H])[2H])(C([2H])([2H])[2H])C([2H])([2H])[2H])c3O)n4-c3ccc(-c4ccccc4)c(C([2H])(C)C)c3)cc(C(C)(C)C)c2)c1.[Pt]. The number of para-hydroxylation sites is 1. The maximum absolute atomic E-state index is 13.0. The van der Waals surface area contributed by atoms with Crippen molar-refractivity contribution in [3.8, 4) is 67.5 Å². The first kappa shape index (κ1) is 22.0. The van der Waals surface area contributed by atoms with Crippen LogP contribution < -0.4 is 0 Å². The summed E-state index contributed by atoms with van der Waals surface area (Å²) in [6, 6.07) is 23.6. The van der Waals surface area contributed by atoms with Crippen molar-refractivity contribution in [2.45, 2.75) is 124 Å².